The second-order valence-electron chi connectivity index (χ2n) is 4.63. The summed E-state index contributed by atoms with van der Waals surface area (Å²) in [5.41, 5.74) is 6.82. The molecule has 5 nitrogen and oxygen atoms in total. The first-order chi connectivity index (χ1) is 9.56. The Morgan fingerprint density at radius 3 is 2.65 bits per heavy atom. The van der Waals surface area contributed by atoms with Gasteiger partial charge in [-0.05, 0) is 18.6 Å². The Kier molecular flexibility index (Phi) is 4.20. The molecule has 0 fully saturated rings. The number of nitrogens with one attached hydrogen (secondary N) is 1. The van der Waals surface area contributed by atoms with E-state index in [0.717, 1.165) is 5.56 Å². The number of nitrogens with zero attached hydrogens (tertiary/aromatic N) is 1. The SMILES string of the molecule is CC(NC(=O)Cn1cc(N)ccc1=O)c1ccccc1. The number of anilines is 1. The third kappa shape index (κ3) is 3.47. The van der Waals surface area contributed by atoms with Crippen LogP contribution in [0.4, 0.5) is 5.69 Å². The monoisotopic (exact) mass is 271 g/mol. The minimum Gasteiger partial charge on any atom is -0.398 e. The Morgan fingerprint density at radius 1 is 1.25 bits per heavy atom. The van der Waals surface area contributed by atoms with Gasteiger partial charge >= 0.3 is 0 Å². The molecule has 2 rings (SSSR count). The summed E-state index contributed by atoms with van der Waals surface area (Å²) in [5.74, 6) is -0.228. The molecule has 1 unspecified atom stereocenters. The number of rotatable bonds is 4. The van der Waals surface area contributed by atoms with Crippen LogP contribution in [0.25, 0.3) is 0 Å². The highest BCUT2D eigenvalue weighted by Gasteiger charge is 2.10. The molecule has 20 heavy (non-hydrogen) atoms. The molecule has 0 spiro atoms. The van der Waals surface area contributed by atoms with Gasteiger partial charge in [0.05, 0.1) is 6.04 Å². The third-order valence-corrected chi connectivity index (χ3v) is 3.00. The fourth-order valence-electron chi connectivity index (χ4n) is 1.94. The first kappa shape index (κ1) is 13.9. The smallest absolute Gasteiger partial charge is 0.251 e. The van der Waals surface area contributed by atoms with E-state index in [9.17, 15) is 9.59 Å². The summed E-state index contributed by atoms with van der Waals surface area (Å²) in [5, 5.41) is 2.85. The van der Waals surface area contributed by atoms with Crippen LogP contribution >= 0.6 is 0 Å². The Balaban J connectivity index is 2.02. The van der Waals surface area contributed by atoms with E-state index in [-0.39, 0.29) is 24.1 Å². The average molecular weight is 271 g/mol. The van der Waals surface area contributed by atoms with Gasteiger partial charge in [-0.25, -0.2) is 0 Å². The first-order valence-corrected chi connectivity index (χ1v) is 6.36. The molecule has 1 aromatic carbocycles. The highest BCUT2D eigenvalue weighted by Crippen LogP contribution is 2.10. The number of aromatic nitrogens is 1. The van der Waals surface area contributed by atoms with Crippen molar-refractivity contribution in [2.75, 3.05) is 5.73 Å². The number of hydrogen-bond donors (Lipinski definition) is 2. The zero-order chi connectivity index (χ0) is 14.5. The van der Waals surface area contributed by atoms with Crippen LogP contribution in [0.5, 0.6) is 0 Å². The largest absolute Gasteiger partial charge is 0.398 e. The molecular weight excluding hydrogens is 254 g/mol. The maximum atomic E-state index is 11.9. The number of nitrogen functional groups attached to an aromatic ring is 1. The zero-order valence-corrected chi connectivity index (χ0v) is 11.2. The van der Waals surface area contributed by atoms with E-state index in [4.69, 9.17) is 5.73 Å². The topological polar surface area (TPSA) is 77.1 Å². The van der Waals surface area contributed by atoms with Crippen LogP contribution in [0.3, 0.4) is 0 Å². The molecule has 0 saturated heterocycles. The molecule has 0 bridgehead atoms. The number of nitrogens with two attached hydrogens (primary N) is 1. The van der Waals surface area contributed by atoms with Gasteiger partial charge in [-0.15, -0.1) is 0 Å². The van der Waals surface area contributed by atoms with Crippen molar-refractivity contribution in [3.05, 3.63) is 64.6 Å². The maximum Gasteiger partial charge on any atom is 0.251 e. The number of amides is 1. The quantitative estimate of drug-likeness (QED) is 0.880. The van der Waals surface area contributed by atoms with Gasteiger partial charge in [0.15, 0.2) is 0 Å². The first-order valence-electron chi connectivity index (χ1n) is 6.36. The molecule has 1 aromatic heterocycles. The molecule has 1 amide bonds. The van der Waals surface area contributed by atoms with Crippen LogP contribution in [0.2, 0.25) is 0 Å². The van der Waals surface area contributed by atoms with Crippen LogP contribution in [0, 0.1) is 0 Å². The van der Waals surface area contributed by atoms with Crippen LogP contribution in [0.1, 0.15) is 18.5 Å². The summed E-state index contributed by atoms with van der Waals surface area (Å²) < 4.78 is 1.29. The standard InChI is InChI=1S/C15H17N3O2/c1-11(12-5-3-2-4-6-12)17-14(19)10-18-9-13(16)7-8-15(18)20/h2-9,11H,10,16H2,1H3,(H,17,19). The Hall–Kier alpha value is -2.56. The molecule has 0 aliphatic carbocycles. The van der Waals surface area contributed by atoms with Gasteiger partial charge < -0.3 is 15.6 Å². The Labute approximate surface area is 117 Å². The van der Waals surface area contributed by atoms with E-state index >= 15 is 0 Å². The van der Waals surface area contributed by atoms with E-state index in [1.165, 1.54) is 22.9 Å². The van der Waals surface area contributed by atoms with Crippen molar-refractivity contribution >= 4 is 11.6 Å². The molecule has 3 N–H and O–H groups in total. The fourth-order valence-corrected chi connectivity index (χ4v) is 1.94. The van der Waals surface area contributed by atoms with Crippen LogP contribution in [-0.4, -0.2) is 10.5 Å². The van der Waals surface area contributed by atoms with Gasteiger partial charge in [0.25, 0.3) is 5.56 Å². The molecule has 5 heteroatoms. The van der Waals surface area contributed by atoms with Gasteiger partial charge in [0, 0.05) is 18.0 Å². The lowest BCUT2D eigenvalue weighted by Gasteiger charge is -2.15. The minimum absolute atomic E-state index is 0.0406. The minimum atomic E-state index is -0.248. The second-order valence-corrected chi connectivity index (χ2v) is 4.63. The summed E-state index contributed by atoms with van der Waals surface area (Å²) in [6.45, 7) is 1.86. The zero-order valence-electron chi connectivity index (χ0n) is 11.2. The molecule has 0 aliphatic rings. The lowest BCUT2D eigenvalue weighted by atomic mass is 10.1. The van der Waals surface area contributed by atoms with Crippen LogP contribution in [-0.2, 0) is 11.3 Å². The summed E-state index contributed by atoms with van der Waals surface area (Å²) in [6, 6.07) is 12.4. The van der Waals surface area contributed by atoms with Gasteiger partial charge in [0.2, 0.25) is 5.91 Å². The van der Waals surface area contributed by atoms with Crippen molar-refractivity contribution in [1.29, 1.82) is 0 Å². The third-order valence-electron chi connectivity index (χ3n) is 3.00. The molecular formula is C15H17N3O2. The number of carbonyl (C=O) groups excluding carboxylic acids is 1. The highest BCUT2D eigenvalue weighted by molar-refractivity contribution is 5.76. The van der Waals surface area contributed by atoms with Gasteiger partial charge in [-0.2, -0.15) is 0 Å². The van der Waals surface area contributed by atoms with Crippen LogP contribution in [0.15, 0.2) is 53.5 Å². The lowest BCUT2D eigenvalue weighted by molar-refractivity contribution is -0.122. The van der Waals surface area contributed by atoms with Gasteiger partial charge in [-0.1, -0.05) is 30.3 Å². The number of pyridine rings is 1. The summed E-state index contributed by atoms with van der Waals surface area (Å²) in [6.07, 6.45) is 1.47. The van der Waals surface area contributed by atoms with E-state index in [1.807, 2.05) is 37.3 Å². The Bertz CT molecular complexity index is 650. The molecule has 2 aromatic rings. The van der Waals surface area contributed by atoms with Gasteiger partial charge in [0.1, 0.15) is 6.54 Å². The number of benzene rings is 1. The Morgan fingerprint density at radius 2 is 1.95 bits per heavy atom. The molecule has 0 radical (unpaired) electrons. The fraction of sp³-hybridized carbons (Fsp3) is 0.200. The van der Waals surface area contributed by atoms with E-state index in [1.54, 1.807) is 0 Å². The molecule has 0 saturated carbocycles. The maximum absolute atomic E-state index is 11.9. The van der Waals surface area contributed by atoms with E-state index < -0.39 is 0 Å². The van der Waals surface area contributed by atoms with Crippen molar-refractivity contribution in [2.45, 2.75) is 19.5 Å². The van der Waals surface area contributed by atoms with Gasteiger partial charge in [-0.3, -0.25) is 9.59 Å². The lowest BCUT2D eigenvalue weighted by Crippen LogP contribution is -2.33. The van der Waals surface area contributed by atoms with Crippen molar-refractivity contribution in [2.24, 2.45) is 0 Å². The van der Waals surface area contributed by atoms with E-state index in [0.29, 0.717) is 5.69 Å². The molecule has 104 valence electrons. The van der Waals surface area contributed by atoms with Crippen molar-refractivity contribution < 1.29 is 4.79 Å². The highest BCUT2D eigenvalue weighted by atomic mass is 16.2. The summed E-state index contributed by atoms with van der Waals surface area (Å²) in [4.78, 5) is 23.5. The van der Waals surface area contributed by atoms with Crippen molar-refractivity contribution in [3.8, 4) is 0 Å². The van der Waals surface area contributed by atoms with Crippen LogP contribution < -0.4 is 16.6 Å². The van der Waals surface area contributed by atoms with Crippen molar-refractivity contribution in [1.82, 2.24) is 9.88 Å². The molecule has 1 atom stereocenters. The molecule has 0 aliphatic heterocycles. The predicted molar refractivity (Wildman–Crippen MR) is 78.1 cm³/mol. The van der Waals surface area contributed by atoms with Crippen molar-refractivity contribution in [3.63, 3.8) is 0 Å². The normalized spacial score (nSPS) is 11.8. The number of carbonyl (C=O) groups is 1. The van der Waals surface area contributed by atoms with E-state index in [2.05, 4.69) is 5.32 Å². The summed E-state index contributed by atoms with van der Waals surface area (Å²) in [7, 11) is 0. The predicted octanol–water partition coefficient (Wildman–Crippen LogP) is 1.31. The molecule has 1 heterocycles. The second kappa shape index (κ2) is 6.06. The number of hydrogen-bond acceptors (Lipinski definition) is 3. The average Bonchev–Trinajstić information content (AvgIpc) is 2.43. The summed E-state index contributed by atoms with van der Waals surface area (Å²) >= 11 is 0.